The molecular formula is C17H20N2O3. The molecule has 5 nitrogen and oxygen atoms in total. The number of nitrogens with zero attached hydrogens (tertiary/aromatic N) is 2. The molecule has 1 fully saturated rings. The lowest BCUT2D eigenvalue weighted by molar-refractivity contribution is -0.142. The molecule has 1 saturated heterocycles. The second-order valence-electron chi connectivity index (χ2n) is 5.82. The van der Waals surface area contributed by atoms with Crippen molar-refractivity contribution in [2.45, 2.75) is 32.9 Å². The predicted octanol–water partition coefficient (Wildman–Crippen LogP) is 2.60. The molecule has 1 aliphatic heterocycles. The second kappa shape index (κ2) is 5.48. The number of hydrogen-bond donors (Lipinski definition) is 1. The zero-order chi connectivity index (χ0) is 15.9. The number of para-hydroxylation sites is 1. The maximum absolute atomic E-state index is 12.9. The van der Waals surface area contributed by atoms with Crippen LogP contribution < -0.4 is 0 Å². The van der Waals surface area contributed by atoms with E-state index in [1.165, 1.54) is 0 Å². The molecule has 3 rings (SSSR count). The fourth-order valence-corrected chi connectivity index (χ4v) is 3.39. The zero-order valence-electron chi connectivity index (χ0n) is 12.8. The van der Waals surface area contributed by atoms with Gasteiger partial charge in [0, 0.05) is 36.2 Å². The number of aromatic nitrogens is 1. The molecule has 2 atom stereocenters. The van der Waals surface area contributed by atoms with Gasteiger partial charge in [0.25, 0.3) is 5.91 Å². The van der Waals surface area contributed by atoms with E-state index < -0.39 is 11.9 Å². The van der Waals surface area contributed by atoms with Gasteiger partial charge in [0.05, 0.1) is 11.5 Å². The largest absolute Gasteiger partial charge is 0.481 e. The van der Waals surface area contributed by atoms with E-state index in [9.17, 15) is 14.7 Å². The van der Waals surface area contributed by atoms with Crippen LogP contribution in [0.1, 0.15) is 30.6 Å². The summed E-state index contributed by atoms with van der Waals surface area (Å²) >= 11 is 0. The standard InChI is InChI=1S/C17H20N2O3/c1-3-18-10-14(13-6-4-5-7-15(13)18)16(20)19-9-8-12(11(19)2)17(21)22/h4-7,10-12H,3,8-9H2,1-2H3,(H,21,22). The minimum absolute atomic E-state index is 0.0698. The number of rotatable bonds is 3. The van der Waals surface area contributed by atoms with Crippen LogP contribution >= 0.6 is 0 Å². The van der Waals surface area contributed by atoms with E-state index in [0.717, 1.165) is 17.4 Å². The molecule has 0 saturated carbocycles. The van der Waals surface area contributed by atoms with Crippen LogP contribution in [0.5, 0.6) is 0 Å². The van der Waals surface area contributed by atoms with Gasteiger partial charge in [-0.15, -0.1) is 0 Å². The zero-order valence-corrected chi connectivity index (χ0v) is 12.8. The Kier molecular flexibility index (Phi) is 3.64. The monoisotopic (exact) mass is 300 g/mol. The molecule has 0 radical (unpaired) electrons. The molecule has 2 aromatic rings. The highest BCUT2D eigenvalue weighted by atomic mass is 16.4. The maximum atomic E-state index is 12.9. The van der Waals surface area contributed by atoms with Crippen molar-refractivity contribution in [3.8, 4) is 0 Å². The first-order chi connectivity index (χ1) is 10.5. The van der Waals surface area contributed by atoms with Crippen LogP contribution in [0.4, 0.5) is 0 Å². The first-order valence-electron chi connectivity index (χ1n) is 7.66. The Labute approximate surface area is 129 Å². The highest BCUT2D eigenvalue weighted by Crippen LogP contribution is 2.29. The number of carboxylic acid groups (broad SMARTS) is 1. The molecule has 1 N–H and O–H groups in total. The summed E-state index contributed by atoms with van der Waals surface area (Å²) < 4.78 is 2.05. The van der Waals surface area contributed by atoms with Crippen LogP contribution in [0.15, 0.2) is 30.5 Å². The number of likely N-dealkylation sites (tertiary alicyclic amines) is 1. The number of hydrogen-bond acceptors (Lipinski definition) is 2. The molecule has 22 heavy (non-hydrogen) atoms. The Morgan fingerprint density at radius 2 is 2.05 bits per heavy atom. The van der Waals surface area contributed by atoms with Crippen molar-refractivity contribution in [2.75, 3.05) is 6.54 Å². The van der Waals surface area contributed by atoms with Gasteiger partial charge in [-0.2, -0.15) is 0 Å². The summed E-state index contributed by atoms with van der Waals surface area (Å²) in [7, 11) is 0. The van der Waals surface area contributed by atoms with Crippen LogP contribution in [-0.4, -0.2) is 39.0 Å². The fourth-order valence-electron chi connectivity index (χ4n) is 3.39. The molecule has 2 heterocycles. The molecule has 0 bridgehead atoms. The summed E-state index contributed by atoms with van der Waals surface area (Å²) in [6.45, 7) is 5.16. The van der Waals surface area contributed by atoms with Gasteiger partial charge in [0.1, 0.15) is 0 Å². The first kappa shape index (κ1) is 14.6. The van der Waals surface area contributed by atoms with Gasteiger partial charge >= 0.3 is 5.97 Å². The molecule has 1 aromatic carbocycles. The Bertz CT molecular complexity index is 735. The summed E-state index contributed by atoms with van der Waals surface area (Å²) in [5.41, 5.74) is 1.70. The van der Waals surface area contributed by atoms with E-state index in [-0.39, 0.29) is 11.9 Å². The summed E-state index contributed by atoms with van der Waals surface area (Å²) in [6, 6.07) is 7.57. The van der Waals surface area contributed by atoms with Crippen LogP contribution in [0.25, 0.3) is 10.9 Å². The summed E-state index contributed by atoms with van der Waals surface area (Å²) in [6.07, 6.45) is 2.41. The van der Waals surface area contributed by atoms with E-state index >= 15 is 0 Å². The normalized spacial score (nSPS) is 21.5. The molecule has 1 amide bonds. The smallest absolute Gasteiger partial charge is 0.308 e. The number of aliphatic carboxylic acids is 1. The molecular weight excluding hydrogens is 280 g/mol. The Balaban J connectivity index is 1.98. The number of aryl methyl sites for hydroxylation is 1. The maximum Gasteiger partial charge on any atom is 0.308 e. The SMILES string of the molecule is CCn1cc(C(=O)N2CCC(C(=O)O)C2C)c2ccccc21. The van der Waals surface area contributed by atoms with Crippen molar-refractivity contribution in [3.63, 3.8) is 0 Å². The van der Waals surface area contributed by atoms with Gasteiger partial charge in [-0.05, 0) is 26.3 Å². The van der Waals surface area contributed by atoms with E-state index in [4.69, 9.17) is 0 Å². The topological polar surface area (TPSA) is 62.5 Å². The Hall–Kier alpha value is -2.30. The number of carbonyl (C=O) groups excluding carboxylic acids is 1. The summed E-state index contributed by atoms with van der Waals surface area (Å²) in [5.74, 6) is -1.36. The number of carboxylic acids is 1. The average molecular weight is 300 g/mol. The van der Waals surface area contributed by atoms with Crippen molar-refractivity contribution >= 4 is 22.8 Å². The van der Waals surface area contributed by atoms with Gasteiger partial charge in [0.2, 0.25) is 0 Å². The minimum atomic E-state index is -0.821. The third-order valence-corrected chi connectivity index (χ3v) is 4.69. The molecule has 1 aliphatic rings. The van der Waals surface area contributed by atoms with Crippen molar-refractivity contribution in [1.82, 2.24) is 9.47 Å². The second-order valence-corrected chi connectivity index (χ2v) is 5.82. The van der Waals surface area contributed by atoms with Gasteiger partial charge in [-0.1, -0.05) is 18.2 Å². The van der Waals surface area contributed by atoms with Crippen LogP contribution in [0.3, 0.4) is 0 Å². The van der Waals surface area contributed by atoms with Crippen molar-refractivity contribution in [2.24, 2.45) is 5.92 Å². The average Bonchev–Trinajstić information content (AvgIpc) is 3.07. The number of carbonyl (C=O) groups is 2. The van der Waals surface area contributed by atoms with E-state index in [1.54, 1.807) is 4.90 Å². The highest BCUT2D eigenvalue weighted by molar-refractivity contribution is 6.07. The first-order valence-corrected chi connectivity index (χ1v) is 7.66. The molecule has 116 valence electrons. The van der Waals surface area contributed by atoms with Gasteiger partial charge in [-0.3, -0.25) is 9.59 Å². The number of benzene rings is 1. The lowest BCUT2D eigenvalue weighted by Crippen LogP contribution is -2.37. The lowest BCUT2D eigenvalue weighted by atomic mass is 10.0. The molecule has 2 unspecified atom stereocenters. The Morgan fingerprint density at radius 3 is 2.68 bits per heavy atom. The van der Waals surface area contributed by atoms with Crippen molar-refractivity contribution in [1.29, 1.82) is 0 Å². The molecule has 1 aromatic heterocycles. The highest BCUT2D eigenvalue weighted by Gasteiger charge is 2.38. The van der Waals surface area contributed by atoms with E-state index in [1.807, 2.05) is 44.3 Å². The number of fused-ring (bicyclic) bond motifs is 1. The van der Waals surface area contributed by atoms with Gasteiger partial charge in [0.15, 0.2) is 0 Å². The third-order valence-electron chi connectivity index (χ3n) is 4.69. The van der Waals surface area contributed by atoms with Crippen LogP contribution in [-0.2, 0) is 11.3 Å². The molecule has 0 spiro atoms. The van der Waals surface area contributed by atoms with E-state index in [0.29, 0.717) is 18.5 Å². The summed E-state index contributed by atoms with van der Waals surface area (Å²) in [4.78, 5) is 25.8. The van der Waals surface area contributed by atoms with Gasteiger partial charge < -0.3 is 14.6 Å². The molecule has 0 aliphatic carbocycles. The van der Waals surface area contributed by atoms with Crippen molar-refractivity contribution in [3.05, 3.63) is 36.0 Å². The number of amides is 1. The summed E-state index contributed by atoms with van der Waals surface area (Å²) in [5, 5.41) is 10.2. The van der Waals surface area contributed by atoms with Crippen LogP contribution in [0.2, 0.25) is 0 Å². The predicted molar refractivity (Wildman–Crippen MR) is 83.9 cm³/mol. The van der Waals surface area contributed by atoms with Crippen molar-refractivity contribution < 1.29 is 14.7 Å². The van der Waals surface area contributed by atoms with Crippen LogP contribution in [0, 0.1) is 5.92 Å². The quantitative estimate of drug-likeness (QED) is 0.947. The third kappa shape index (κ3) is 2.17. The minimum Gasteiger partial charge on any atom is -0.481 e. The Morgan fingerprint density at radius 1 is 1.32 bits per heavy atom. The van der Waals surface area contributed by atoms with Gasteiger partial charge in [-0.25, -0.2) is 0 Å². The van der Waals surface area contributed by atoms with E-state index in [2.05, 4.69) is 4.57 Å². The fraction of sp³-hybridized carbons (Fsp3) is 0.412. The molecule has 5 heteroatoms. The lowest BCUT2D eigenvalue weighted by Gasteiger charge is -2.23.